The fraction of sp³-hybridized carbons (Fsp3) is 0.381. The Labute approximate surface area is 164 Å². The van der Waals surface area contributed by atoms with Crippen LogP contribution in [0.2, 0.25) is 5.02 Å². The van der Waals surface area contributed by atoms with Gasteiger partial charge in [-0.05, 0) is 42.7 Å². The lowest BCUT2D eigenvalue weighted by Crippen LogP contribution is -2.46. The number of ether oxygens (including phenoxy) is 2. The van der Waals surface area contributed by atoms with E-state index in [-0.39, 0.29) is 11.3 Å². The quantitative estimate of drug-likeness (QED) is 0.878. The number of rotatable bonds is 3. The highest BCUT2D eigenvalue weighted by atomic mass is 35.5. The Kier molecular flexibility index (Phi) is 4.74. The van der Waals surface area contributed by atoms with Crippen molar-refractivity contribution in [3.63, 3.8) is 0 Å². The zero-order valence-corrected chi connectivity index (χ0v) is 16.1. The van der Waals surface area contributed by atoms with Crippen LogP contribution in [0.15, 0.2) is 36.4 Å². The van der Waals surface area contributed by atoms with Crippen molar-refractivity contribution in [3.05, 3.63) is 58.1 Å². The maximum atomic E-state index is 12.9. The number of halogens is 1. The number of carbonyl (C=O) groups excluding carboxylic acids is 1. The monoisotopic (exact) mass is 386 g/mol. The summed E-state index contributed by atoms with van der Waals surface area (Å²) in [7, 11) is 1.56. The Hall–Kier alpha value is -2.24. The molecule has 2 aromatic carbocycles. The third-order valence-electron chi connectivity index (χ3n) is 5.76. The molecule has 1 saturated heterocycles. The Morgan fingerprint density at radius 3 is 2.70 bits per heavy atom. The number of nitrogens with zero attached hydrogens (tertiary/aromatic N) is 1. The van der Waals surface area contributed by atoms with Gasteiger partial charge in [0.2, 0.25) is 0 Å². The third-order valence-corrected chi connectivity index (χ3v) is 6.06. The molecule has 27 heavy (non-hydrogen) atoms. The van der Waals surface area contributed by atoms with Gasteiger partial charge in [0, 0.05) is 36.2 Å². The predicted molar refractivity (Wildman–Crippen MR) is 105 cm³/mol. The average Bonchev–Trinajstić information content (AvgIpc) is 3.05. The van der Waals surface area contributed by atoms with Gasteiger partial charge in [0.05, 0.1) is 18.7 Å². The number of carbonyl (C=O) groups is 1. The standard InChI is InChI=1S/C21H23ClN2O3/c1-26-19-5-3-15(11-17(19)22)20(25)24-8-6-21(7-9-24)13-27-18-4-2-14(12-23)10-16(18)21/h2-5,10-11H,6-9,12-13,23H2,1H3. The molecule has 2 aliphatic heterocycles. The Morgan fingerprint density at radius 1 is 1.26 bits per heavy atom. The molecule has 0 aromatic heterocycles. The van der Waals surface area contributed by atoms with Gasteiger partial charge >= 0.3 is 0 Å². The van der Waals surface area contributed by atoms with E-state index in [1.54, 1.807) is 25.3 Å². The lowest BCUT2D eigenvalue weighted by molar-refractivity contribution is 0.0646. The first-order valence-electron chi connectivity index (χ1n) is 9.15. The Bertz CT molecular complexity index is 876. The van der Waals surface area contributed by atoms with Gasteiger partial charge in [0.25, 0.3) is 5.91 Å². The van der Waals surface area contributed by atoms with E-state index in [1.807, 2.05) is 17.0 Å². The molecule has 4 rings (SSSR count). The van der Waals surface area contributed by atoms with E-state index in [4.69, 9.17) is 26.8 Å². The molecule has 0 bridgehead atoms. The summed E-state index contributed by atoms with van der Waals surface area (Å²) in [5.74, 6) is 1.53. The van der Waals surface area contributed by atoms with Crippen LogP contribution in [-0.2, 0) is 12.0 Å². The van der Waals surface area contributed by atoms with E-state index >= 15 is 0 Å². The van der Waals surface area contributed by atoms with E-state index in [1.165, 1.54) is 5.56 Å². The number of benzene rings is 2. The molecular weight excluding hydrogens is 364 g/mol. The van der Waals surface area contributed by atoms with Gasteiger partial charge in [0.1, 0.15) is 11.5 Å². The minimum Gasteiger partial charge on any atom is -0.495 e. The lowest BCUT2D eigenvalue weighted by atomic mass is 9.74. The second kappa shape index (κ2) is 7.06. The minimum absolute atomic E-state index is 0.00394. The minimum atomic E-state index is -0.0190. The molecule has 2 N–H and O–H groups in total. The largest absolute Gasteiger partial charge is 0.495 e. The van der Waals surface area contributed by atoms with Gasteiger partial charge in [-0.25, -0.2) is 0 Å². The fourth-order valence-electron chi connectivity index (χ4n) is 4.07. The second-order valence-corrected chi connectivity index (χ2v) is 7.65. The lowest BCUT2D eigenvalue weighted by Gasteiger charge is -2.38. The van der Waals surface area contributed by atoms with Crippen LogP contribution in [0.25, 0.3) is 0 Å². The predicted octanol–water partition coefficient (Wildman–Crippen LogP) is 3.37. The molecule has 2 aliphatic rings. The molecule has 1 fully saturated rings. The van der Waals surface area contributed by atoms with Crippen molar-refractivity contribution >= 4 is 17.5 Å². The van der Waals surface area contributed by atoms with E-state index < -0.39 is 0 Å². The van der Waals surface area contributed by atoms with Crippen molar-refractivity contribution < 1.29 is 14.3 Å². The summed E-state index contributed by atoms with van der Waals surface area (Å²) in [6, 6.07) is 11.4. The van der Waals surface area contributed by atoms with E-state index in [0.717, 1.165) is 24.2 Å². The van der Waals surface area contributed by atoms with Crippen LogP contribution >= 0.6 is 11.6 Å². The van der Waals surface area contributed by atoms with Crippen molar-refractivity contribution in [2.24, 2.45) is 5.73 Å². The highest BCUT2D eigenvalue weighted by Crippen LogP contribution is 2.46. The number of nitrogens with two attached hydrogens (primary N) is 1. The van der Waals surface area contributed by atoms with Gasteiger partial charge in [-0.3, -0.25) is 4.79 Å². The number of amides is 1. The maximum absolute atomic E-state index is 12.9. The number of hydrogen-bond acceptors (Lipinski definition) is 4. The molecule has 0 atom stereocenters. The van der Waals surface area contributed by atoms with Gasteiger partial charge < -0.3 is 20.1 Å². The SMILES string of the molecule is COc1ccc(C(=O)N2CCC3(CC2)COc2ccc(CN)cc23)cc1Cl. The number of hydrogen-bond donors (Lipinski definition) is 1. The van der Waals surface area contributed by atoms with Gasteiger partial charge in [-0.1, -0.05) is 23.7 Å². The topological polar surface area (TPSA) is 64.8 Å². The molecule has 2 heterocycles. The average molecular weight is 387 g/mol. The molecule has 0 unspecified atom stereocenters. The van der Waals surface area contributed by atoms with E-state index in [9.17, 15) is 4.79 Å². The van der Waals surface area contributed by atoms with Crippen molar-refractivity contribution in [1.82, 2.24) is 4.90 Å². The normalized spacial score (nSPS) is 17.5. The van der Waals surface area contributed by atoms with Gasteiger partial charge in [-0.2, -0.15) is 0 Å². The molecule has 142 valence electrons. The fourth-order valence-corrected chi connectivity index (χ4v) is 4.33. The first kappa shape index (κ1) is 18.1. The first-order valence-corrected chi connectivity index (χ1v) is 9.53. The van der Waals surface area contributed by atoms with Gasteiger partial charge in [-0.15, -0.1) is 0 Å². The number of methoxy groups -OCH3 is 1. The van der Waals surface area contributed by atoms with E-state index in [2.05, 4.69) is 6.07 Å². The van der Waals surface area contributed by atoms with Crippen LogP contribution in [0.4, 0.5) is 0 Å². The van der Waals surface area contributed by atoms with E-state index in [0.29, 0.717) is 42.6 Å². The maximum Gasteiger partial charge on any atom is 0.253 e. The van der Waals surface area contributed by atoms with Crippen molar-refractivity contribution in [2.45, 2.75) is 24.8 Å². The van der Waals surface area contributed by atoms with Crippen LogP contribution in [0.3, 0.4) is 0 Å². The summed E-state index contributed by atoms with van der Waals surface area (Å²) in [4.78, 5) is 14.8. The molecule has 6 heteroatoms. The van der Waals surface area contributed by atoms with Crippen molar-refractivity contribution in [1.29, 1.82) is 0 Å². The number of piperidine rings is 1. The van der Waals surface area contributed by atoms with Crippen LogP contribution in [0.5, 0.6) is 11.5 Å². The van der Waals surface area contributed by atoms with Gasteiger partial charge in [0.15, 0.2) is 0 Å². The van der Waals surface area contributed by atoms with Crippen LogP contribution in [-0.4, -0.2) is 37.6 Å². The molecule has 1 amide bonds. The highest BCUT2D eigenvalue weighted by Gasteiger charge is 2.43. The van der Waals surface area contributed by atoms with Crippen LogP contribution in [0, 0.1) is 0 Å². The summed E-state index contributed by atoms with van der Waals surface area (Å²) in [5.41, 5.74) is 8.73. The smallest absolute Gasteiger partial charge is 0.253 e. The third kappa shape index (κ3) is 3.15. The van der Waals surface area contributed by atoms with Crippen molar-refractivity contribution in [3.8, 4) is 11.5 Å². The molecule has 2 aromatic rings. The molecule has 0 aliphatic carbocycles. The number of fused-ring (bicyclic) bond motifs is 2. The number of likely N-dealkylation sites (tertiary alicyclic amines) is 1. The molecule has 5 nitrogen and oxygen atoms in total. The molecule has 0 saturated carbocycles. The zero-order valence-electron chi connectivity index (χ0n) is 15.3. The first-order chi connectivity index (χ1) is 13.1. The zero-order chi connectivity index (χ0) is 19.0. The Balaban J connectivity index is 1.50. The second-order valence-electron chi connectivity index (χ2n) is 7.25. The van der Waals surface area contributed by atoms with Crippen LogP contribution < -0.4 is 15.2 Å². The summed E-state index contributed by atoms with van der Waals surface area (Å²) in [5, 5.41) is 0.448. The summed E-state index contributed by atoms with van der Waals surface area (Å²) < 4.78 is 11.1. The molecular formula is C21H23ClN2O3. The molecule has 0 radical (unpaired) electrons. The summed E-state index contributed by atoms with van der Waals surface area (Å²) in [6.45, 7) is 2.58. The Morgan fingerprint density at radius 2 is 2.04 bits per heavy atom. The van der Waals surface area contributed by atoms with Crippen molar-refractivity contribution in [2.75, 3.05) is 26.8 Å². The highest BCUT2D eigenvalue weighted by molar-refractivity contribution is 6.32. The summed E-state index contributed by atoms with van der Waals surface area (Å²) in [6.07, 6.45) is 1.76. The molecule has 1 spiro atoms. The summed E-state index contributed by atoms with van der Waals surface area (Å²) >= 11 is 6.17. The van der Waals surface area contributed by atoms with Crippen LogP contribution in [0.1, 0.15) is 34.3 Å².